The third-order valence-electron chi connectivity index (χ3n) is 3.98. The van der Waals surface area contributed by atoms with Crippen molar-refractivity contribution in [2.75, 3.05) is 0 Å². The lowest BCUT2D eigenvalue weighted by atomic mass is 9.98. The van der Waals surface area contributed by atoms with E-state index in [9.17, 15) is 14.7 Å². The average Bonchev–Trinajstić information content (AvgIpc) is 2.57. The standard InChI is InChI=1S/C20H19NO3/c1-13(2)11-21-12-18(14-6-4-3-5-7-14)17-10-15(20(23)24)8-9-16(17)19(21)22/h3-10,12-13H,11H2,1-2H3,(H,23,24). The Balaban J connectivity index is 2.37. The van der Waals surface area contributed by atoms with Gasteiger partial charge in [-0.25, -0.2) is 4.79 Å². The van der Waals surface area contributed by atoms with Crippen molar-refractivity contribution < 1.29 is 9.90 Å². The third kappa shape index (κ3) is 2.95. The summed E-state index contributed by atoms with van der Waals surface area (Å²) in [6.45, 7) is 4.74. The molecule has 4 nitrogen and oxygen atoms in total. The fourth-order valence-corrected chi connectivity index (χ4v) is 2.90. The van der Waals surface area contributed by atoms with Gasteiger partial charge in [0.05, 0.1) is 5.56 Å². The van der Waals surface area contributed by atoms with Crippen molar-refractivity contribution in [1.29, 1.82) is 0 Å². The van der Waals surface area contributed by atoms with Gasteiger partial charge in [-0.2, -0.15) is 0 Å². The lowest BCUT2D eigenvalue weighted by molar-refractivity contribution is 0.0697. The number of carboxylic acids is 1. The predicted molar refractivity (Wildman–Crippen MR) is 95.4 cm³/mol. The fraction of sp³-hybridized carbons (Fsp3) is 0.200. The van der Waals surface area contributed by atoms with Gasteiger partial charge >= 0.3 is 5.97 Å². The number of carbonyl (C=O) groups is 1. The maximum absolute atomic E-state index is 12.7. The van der Waals surface area contributed by atoms with Gasteiger partial charge in [-0.3, -0.25) is 4.79 Å². The molecular formula is C20H19NO3. The summed E-state index contributed by atoms with van der Waals surface area (Å²) in [5, 5.41) is 10.5. The van der Waals surface area contributed by atoms with Gasteiger partial charge in [0.1, 0.15) is 0 Å². The van der Waals surface area contributed by atoms with E-state index in [-0.39, 0.29) is 11.1 Å². The number of pyridine rings is 1. The molecule has 0 radical (unpaired) electrons. The number of rotatable bonds is 4. The summed E-state index contributed by atoms with van der Waals surface area (Å²) < 4.78 is 1.72. The maximum Gasteiger partial charge on any atom is 0.335 e. The van der Waals surface area contributed by atoms with Crippen molar-refractivity contribution in [3.8, 4) is 11.1 Å². The maximum atomic E-state index is 12.7. The molecule has 1 N–H and O–H groups in total. The number of hydrogen-bond acceptors (Lipinski definition) is 2. The number of benzene rings is 2. The van der Waals surface area contributed by atoms with Crippen molar-refractivity contribution in [2.24, 2.45) is 5.92 Å². The molecule has 1 aromatic heterocycles. The van der Waals surface area contributed by atoms with E-state index < -0.39 is 5.97 Å². The van der Waals surface area contributed by atoms with Gasteiger partial charge in [0, 0.05) is 23.7 Å². The van der Waals surface area contributed by atoms with E-state index in [0.29, 0.717) is 23.2 Å². The molecule has 0 fully saturated rings. The van der Waals surface area contributed by atoms with Gasteiger partial charge in [-0.15, -0.1) is 0 Å². The Kier molecular flexibility index (Phi) is 4.21. The molecule has 122 valence electrons. The zero-order valence-corrected chi connectivity index (χ0v) is 13.7. The van der Waals surface area contributed by atoms with E-state index in [2.05, 4.69) is 13.8 Å². The molecule has 0 saturated carbocycles. The first-order valence-corrected chi connectivity index (χ1v) is 7.93. The number of hydrogen-bond donors (Lipinski definition) is 1. The number of aromatic nitrogens is 1. The Hall–Kier alpha value is -2.88. The van der Waals surface area contributed by atoms with Gasteiger partial charge in [0.15, 0.2) is 0 Å². The highest BCUT2D eigenvalue weighted by atomic mass is 16.4. The summed E-state index contributed by atoms with van der Waals surface area (Å²) in [6.07, 6.45) is 1.84. The number of nitrogens with zero attached hydrogens (tertiary/aromatic N) is 1. The molecule has 24 heavy (non-hydrogen) atoms. The topological polar surface area (TPSA) is 59.3 Å². The normalized spacial score (nSPS) is 11.1. The monoisotopic (exact) mass is 321 g/mol. The molecule has 3 rings (SSSR count). The molecule has 0 aliphatic carbocycles. The quantitative estimate of drug-likeness (QED) is 0.789. The molecule has 0 unspecified atom stereocenters. The van der Waals surface area contributed by atoms with E-state index in [1.165, 1.54) is 6.07 Å². The van der Waals surface area contributed by atoms with Crippen LogP contribution < -0.4 is 5.56 Å². The van der Waals surface area contributed by atoms with Crippen LogP contribution in [0.25, 0.3) is 21.9 Å². The molecule has 0 aliphatic heterocycles. The van der Waals surface area contributed by atoms with Gasteiger partial charge in [-0.1, -0.05) is 44.2 Å². The highest BCUT2D eigenvalue weighted by molar-refractivity contribution is 6.00. The van der Waals surface area contributed by atoms with Crippen molar-refractivity contribution in [3.05, 3.63) is 70.6 Å². The van der Waals surface area contributed by atoms with Gasteiger partial charge in [0.2, 0.25) is 0 Å². The first-order valence-electron chi connectivity index (χ1n) is 7.93. The highest BCUT2D eigenvalue weighted by Gasteiger charge is 2.13. The second kappa shape index (κ2) is 6.32. The second-order valence-corrected chi connectivity index (χ2v) is 6.33. The van der Waals surface area contributed by atoms with Crippen LogP contribution in [-0.4, -0.2) is 15.6 Å². The zero-order valence-electron chi connectivity index (χ0n) is 13.7. The Morgan fingerprint density at radius 3 is 2.42 bits per heavy atom. The Labute approximate surface area is 140 Å². The van der Waals surface area contributed by atoms with E-state index >= 15 is 0 Å². The SMILES string of the molecule is CC(C)Cn1cc(-c2ccccc2)c2cc(C(=O)O)ccc2c1=O. The van der Waals surface area contributed by atoms with Crippen molar-refractivity contribution in [3.63, 3.8) is 0 Å². The smallest absolute Gasteiger partial charge is 0.335 e. The minimum atomic E-state index is -0.998. The Morgan fingerprint density at radius 1 is 1.08 bits per heavy atom. The molecule has 4 heteroatoms. The molecule has 0 aliphatic rings. The van der Waals surface area contributed by atoms with Crippen LogP contribution in [0.5, 0.6) is 0 Å². The van der Waals surface area contributed by atoms with Crippen LogP contribution >= 0.6 is 0 Å². The first kappa shape index (κ1) is 16.0. The molecule has 0 atom stereocenters. The van der Waals surface area contributed by atoms with Gasteiger partial charge in [-0.05, 0) is 35.1 Å². The van der Waals surface area contributed by atoms with Crippen LogP contribution in [0.1, 0.15) is 24.2 Å². The van der Waals surface area contributed by atoms with E-state index in [4.69, 9.17) is 0 Å². The van der Waals surface area contributed by atoms with Crippen LogP contribution in [0, 0.1) is 5.92 Å². The van der Waals surface area contributed by atoms with Crippen molar-refractivity contribution in [1.82, 2.24) is 4.57 Å². The lowest BCUT2D eigenvalue weighted by Gasteiger charge is -2.14. The molecule has 0 bridgehead atoms. The Morgan fingerprint density at radius 2 is 1.79 bits per heavy atom. The molecule has 2 aromatic carbocycles. The summed E-state index contributed by atoms with van der Waals surface area (Å²) in [5.74, 6) is -0.663. The van der Waals surface area contributed by atoms with E-state index in [1.54, 1.807) is 16.7 Å². The fourth-order valence-electron chi connectivity index (χ4n) is 2.90. The molecule has 0 saturated heterocycles. The summed E-state index contributed by atoms with van der Waals surface area (Å²) in [4.78, 5) is 24.1. The molecule has 1 heterocycles. The van der Waals surface area contributed by atoms with Gasteiger partial charge < -0.3 is 9.67 Å². The molecular weight excluding hydrogens is 302 g/mol. The molecule has 3 aromatic rings. The minimum Gasteiger partial charge on any atom is -0.478 e. The Bertz CT molecular complexity index is 956. The second-order valence-electron chi connectivity index (χ2n) is 6.33. The summed E-state index contributed by atoms with van der Waals surface area (Å²) >= 11 is 0. The summed E-state index contributed by atoms with van der Waals surface area (Å²) in [7, 11) is 0. The van der Waals surface area contributed by atoms with Crippen LogP contribution in [0.2, 0.25) is 0 Å². The third-order valence-corrected chi connectivity index (χ3v) is 3.98. The number of aromatic carboxylic acids is 1. The summed E-state index contributed by atoms with van der Waals surface area (Å²) in [5.41, 5.74) is 1.92. The van der Waals surface area contributed by atoms with Gasteiger partial charge in [0.25, 0.3) is 5.56 Å². The lowest BCUT2D eigenvalue weighted by Crippen LogP contribution is -2.22. The van der Waals surface area contributed by atoms with Crippen molar-refractivity contribution in [2.45, 2.75) is 20.4 Å². The first-order chi connectivity index (χ1) is 11.5. The largest absolute Gasteiger partial charge is 0.478 e. The van der Waals surface area contributed by atoms with Crippen LogP contribution in [0.15, 0.2) is 59.5 Å². The van der Waals surface area contributed by atoms with E-state index in [0.717, 1.165) is 11.1 Å². The number of fused-ring (bicyclic) bond motifs is 1. The van der Waals surface area contributed by atoms with Crippen LogP contribution in [0.4, 0.5) is 0 Å². The molecule has 0 spiro atoms. The van der Waals surface area contributed by atoms with Crippen molar-refractivity contribution >= 4 is 16.7 Å². The summed E-state index contributed by atoms with van der Waals surface area (Å²) in [6, 6.07) is 14.4. The average molecular weight is 321 g/mol. The predicted octanol–water partition coefficient (Wildman–Crippen LogP) is 4.02. The zero-order chi connectivity index (χ0) is 17.3. The molecule has 0 amide bonds. The number of carboxylic acid groups (broad SMARTS) is 1. The van der Waals surface area contributed by atoms with E-state index in [1.807, 2.05) is 36.5 Å². The van der Waals surface area contributed by atoms with Crippen LogP contribution in [-0.2, 0) is 6.54 Å². The van der Waals surface area contributed by atoms with Crippen LogP contribution in [0.3, 0.4) is 0 Å². The highest BCUT2D eigenvalue weighted by Crippen LogP contribution is 2.27. The minimum absolute atomic E-state index is 0.0877.